The van der Waals surface area contributed by atoms with E-state index in [0.29, 0.717) is 5.82 Å². The summed E-state index contributed by atoms with van der Waals surface area (Å²) in [5.41, 5.74) is 6.66. The highest BCUT2D eigenvalue weighted by atomic mass is 32.1. The van der Waals surface area contributed by atoms with Crippen LogP contribution in [0.2, 0.25) is 0 Å². The van der Waals surface area contributed by atoms with E-state index in [0.717, 1.165) is 55.1 Å². The SMILES string of the molecule is Cc1ccc([C@H](CN2CCOCC2)NC(=O)Cn2c(-c3cscn3)nc3ccccc32)cc1. The minimum absolute atomic E-state index is 0.0477. The third kappa shape index (κ3) is 4.98. The van der Waals surface area contributed by atoms with Crippen LogP contribution in [0.5, 0.6) is 0 Å². The molecule has 0 spiro atoms. The van der Waals surface area contributed by atoms with Gasteiger partial charge in [0.15, 0.2) is 5.82 Å². The van der Waals surface area contributed by atoms with Crippen LogP contribution in [-0.2, 0) is 16.1 Å². The molecule has 4 aromatic rings. The average molecular weight is 462 g/mol. The number of imidazole rings is 1. The van der Waals surface area contributed by atoms with Crippen LogP contribution in [0.25, 0.3) is 22.6 Å². The number of nitrogens with zero attached hydrogens (tertiary/aromatic N) is 4. The molecule has 170 valence electrons. The van der Waals surface area contributed by atoms with Crippen LogP contribution in [0, 0.1) is 6.92 Å². The van der Waals surface area contributed by atoms with Crippen molar-refractivity contribution in [2.75, 3.05) is 32.8 Å². The van der Waals surface area contributed by atoms with E-state index in [-0.39, 0.29) is 18.5 Å². The molecule has 2 aromatic heterocycles. The molecule has 2 aromatic carbocycles. The molecule has 1 N–H and O–H groups in total. The quantitative estimate of drug-likeness (QED) is 0.455. The molecule has 5 rings (SSSR count). The zero-order valence-electron chi connectivity index (χ0n) is 18.6. The van der Waals surface area contributed by atoms with Crippen LogP contribution in [0.4, 0.5) is 0 Å². The summed E-state index contributed by atoms with van der Waals surface area (Å²) >= 11 is 1.52. The minimum Gasteiger partial charge on any atom is -0.379 e. The number of nitrogens with one attached hydrogen (secondary N) is 1. The Hall–Kier alpha value is -3.07. The molecule has 1 fully saturated rings. The number of amides is 1. The predicted octanol–water partition coefficient (Wildman–Crippen LogP) is 3.66. The lowest BCUT2D eigenvalue weighted by atomic mass is 10.0. The molecule has 1 aliphatic heterocycles. The van der Waals surface area contributed by atoms with Gasteiger partial charge in [-0.1, -0.05) is 42.0 Å². The molecule has 1 atom stereocenters. The molecule has 1 saturated heterocycles. The number of para-hydroxylation sites is 2. The number of benzene rings is 2. The molecule has 1 aliphatic rings. The molecule has 3 heterocycles. The van der Waals surface area contributed by atoms with Crippen molar-refractivity contribution in [2.24, 2.45) is 0 Å². The number of aromatic nitrogens is 3. The zero-order chi connectivity index (χ0) is 22.6. The number of aryl methyl sites for hydroxylation is 1. The first-order valence-electron chi connectivity index (χ1n) is 11.2. The monoisotopic (exact) mass is 461 g/mol. The Morgan fingerprint density at radius 1 is 1.15 bits per heavy atom. The van der Waals surface area contributed by atoms with Gasteiger partial charge < -0.3 is 14.6 Å². The van der Waals surface area contributed by atoms with E-state index in [2.05, 4.69) is 46.4 Å². The smallest absolute Gasteiger partial charge is 0.240 e. The number of thiazole rings is 1. The third-order valence-corrected chi connectivity index (χ3v) is 6.56. The summed E-state index contributed by atoms with van der Waals surface area (Å²) < 4.78 is 7.46. The lowest BCUT2D eigenvalue weighted by Crippen LogP contribution is -2.43. The molecule has 0 saturated carbocycles. The Morgan fingerprint density at radius 2 is 1.94 bits per heavy atom. The number of ether oxygens (including phenoxy) is 1. The predicted molar refractivity (Wildman–Crippen MR) is 130 cm³/mol. The first-order chi connectivity index (χ1) is 16.2. The van der Waals surface area contributed by atoms with Gasteiger partial charge in [0.25, 0.3) is 0 Å². The van der Waals surface area contributed by atoms with Crippen molar-refractivity contribution in [1.29, 1.82) is 0 Å². The van der Waals surface area contributed by atoms with Gasteiger partial charge in [-0.15, -0.1) is 11.3 Å². The van der Waals surface area contributed by atoms with E-state index in [1.807, 2.05) is 34.2 Å². The van der Waals surface area contributed by atoms with Gasteiger partial charge in [0.2, 0.25) is 5.91 Å². The Labute approximate surface area is 197 Å². The largest absolute Gasteiger partial charge is 0.379 e. The summed E-state index contributed by atoms with van der Waals surface area (Å²) in [6.45, 7) is 6.21. The molecule has 0 bridgehead atoms. The zero-order valence-corrected chi connectivity index (χ0v) is 19.4. The molecule has 1 amide bonds. The number of carbonyl (C=O) groups is 1. The number of hydrogen-bond donors (Lipinski definition) is 1. The highest BCUT2D eigenvalue weighted by Gasteiger charge is 2.22. The highest BCUT2D eigenvalue weighted by molar-refractivity contribution is 7.07. The fourth-order valence-corrected chi connectivity index (χ4v) is 4.74. The molecular formula is C25H27N5O2S. The summed E-state index contributed by atoms with van der Waals surface area (Å²) in [6.07, 6.45) is 0. The average Bonchev–Trinajstić information content (AvgIpc) is 3.48. The normalized spacial score (nSPS) is 15.5. The number of rotatable bonds is 7. The molecule has 0 aliphatic carbocycles. The maximum Gasteiger partial charge on any atom is 0.240 e. The topological polar surface area (TPSA) is 72.3 Å². The van der Waals surface area contributed by atoms with E-state index in [1.165, 1.54) is 16.9 Å². The second kappa shape index (κ2) is 9.82. The Kier molecular flexibility index (Phi) is 6.48. The number of hydrogen-bond acceptors (Lipinski definition) is 6. The third-order valence-electron chi connectivity index (χ3n) is 5.98. The second-order valence-electron chi connectivity index (χ2n) is 8.33. The van der Waals surface area contributed by atoms with Gasteiger partial charge in [-0.05, 0) is 24.6 Å². The van der Waals surface area contributed by atoms with Gasteiger partial charge in [0.1, 0.15) is 12.2 Å². The van der Waals surface area contributed by atoms with Crippen LogP contribution in [0.15, 0.2) is 59.4 Å². The Bertz CT molecular complexity index is 1210. The van der Waals surface area contributed by atoms with Gasteiger partial charge in [0, 0.05) is 25.0 Å². The van der Waals surface area contributed by atoms with Crippen LogP contribution in [0.3, 0.4) is 0 Å². The van der Waals surface area contributed by atoms with Crippen LogP contribution < -0.4 is 5.32 Å². The number of morpholine rings is 1. The number of carbonyl (C=O) groups excluding carboxylic acids is 1. The van der Waals surface area contributed by atoms with Crippen LogP contribution in [0.1, 0.15) is 17.2 Å². The molecule has 7 nitrogen and oxygen atoms in total. The van der Waals surface area contributed by atoms with Crippen LogP contribution in [-0.4, -0.2) is 58.2 Å². The first kappa shape index (κ1) is 21.8. The summed E-state index contributed by atoms with van der Waals surface area (Å²) in [5, 5.41) is 5.25. The fraction of sp³-hybridized carbons (Fsp3) is 0.320. The van der Waals surface area contributed by atoms with Crippen molar-refractivity contribution < 1.29 is 9.53 Å². The van der Waals surface area contributed by atoms with E-state index >= 15 is 0 Å². The summed E-state index contributed by atoms with van der Waals surface area (Å²) in [6, 6.07) is 16.2. The molecule has 33 heavy (non-hydrogen) atoms. The fourth-order valence-electron chi connectivity index (χ4n) is 4.21. The van der Waals surface area contributed by atoms with Gasteiger partial charge in [-0.25, -0.2) is 9.97 Å². The van der Waals surface area contributed by atoms with Crippen molar-refractivity contribution in [3.63, 3.8) is 0 Å². The van der Waals surface area contributed by atoms with Gasteiger partial charge in [-0.2, -0.15) is 0 Å². The maximum absolute atomic E-state index is 13.3. The second-order valence-corrected chi connectivity index (χ2v) is 9.05. The van der Waals surface area contributed by atoms with Crippen molar-refractivity contribution >= 4 is 28.3 Å². The maximum atomic E-state index is 13.3. The van der Waals surface area contributed by atoms with Crippen LogP contribution >= 0.6 is 11.3 Å². The van der Waals surface area contributed by atoms with E-state index in [1.54, 1.807) is 5.51 Å². The van der Waals surface area contributed by atoms with Crippen molar-refractivity contribution in [1.82, 2.24) is 24.8 Å². The molecule has 0 unspecified atom stereocenters. The number of fused-ring (bicyclic) bond motifs is 1. The first-order valence-corrected chi connectivity index (χ1v) is 12.1. The lowest BCUT2D eigenvalue weighted by molar-refractivity contribution is -0.122. The summed E-state index contributed by atoms with van der Waals surface area (Å²) in [4.78, 5) is 24.9. The minimum atomic E-state index is -0.103. The standard InChI is InChI=1S/C25H27N5O2S/c1-18-6-8-19(9-7-18)21(14-29-10-12-32-13-11-29)27-24(31)15-30-23-5-3-2-4-20(23)28-25(30)22-16-33-17-26-22/h2-9,16-17,21H,10-15H2,1H3,(H,27,31)/t21-/m0/s1. The van der Waals surface area contributed by atoms with Crippen molar-refractivity contribution in [2.45, 2.75) is 19.5 Å². The van der Waals surface area contributed by atoms with Gasteiger partial charge >= 0.3 is 0 Å². The lowest BCUT2D eigenvalue weighted by Gasteiger charge is -2.31. The van der Waals surface area contributed by atoms with Gasteiger partial charge in [0.05, 0.1) is 35.8 Å². The van der Waals surface area contributed by atoms with Gasteiger partial charge in [-0.3, -0.25) is 9.69 Å². The summed E-state index contributed by atoms with van der Waals surface area (Å²) in [7, 11) is 0. The molecule has 0 radical (unpaired) electrons. The highest BCUT2D eigenvalue weighted by Crippen LogP contribution is 2.25. The summed E-state index contributed by atoms with van der Waals surface area (Å²) in [5.74, 6) is 0.668. The van der Waals surface area contributed by atoms with E-state index in [4.69, 9.17) is 9.72 Å². The Morgan fingerprint density at radius 3 is 2.70 bits per heavy atom. The van der Waals surface area contributed by atoms with E-state index < -0.39 is 0 Å². The Balaban J connectivity index is 1.40. The molecular weight excluding hydrogens is 434 g/mol. The van der Waals surface area contributed by atoms with Crippen molar-refractivity contribution in [3.8, 4) is 11.5 Å². The van der Waals surface area contributed by atoms with Crippen molar-refractivity contribution in [3.05, 3.63) is 70.5 Å². The molecule has 8 heteroatoms. The van der Waals surface area contributed by atoms with E-state index in [9.17, 15) is 4.79 Å².